The van der Waals surface area contributed by atoms with E-state index in [0.717, 1.165) is 50.3 Å². The molecule has 1 aliphatic carbocycles. The van der Waals surface area contributed by atoms with E-state index in [1.807, 2.05) is 31.2 Å². The Kier molecular flexibility index (Phi) is 6.00. The van der Waals surface area contributed by atoms with E-state index in [-0.39, 0.29) is 17.9 Å². The number of aryl methyl sites for hydroxylation is 1. The van der Waals surface area contributed by atoms with Crippen LogP contribution in [-0.2, 0) is 19.4 Å². The summed E-state index contributed by atoms with van der Waals surface area (Å²) in [6.07, 6.45) is 3.97. The summed E-state index contributed by atoms with van der Waals surface area (Å²) >= 11 is 12.6. The summed E-state index contributed by atoms with van der Waals surface area (Å²) in [5.74, 6) is 0.342. The van der Waals surface area contributed by atoms with Gasteiger partial charge in [0.1, 0.15) is 5.69 Å². The number of rotatable bonds is 4. The van der Waals surface area contributed by atoms with E-state index < -0.39 is 0 Å². The fourth-order valence-corrected chi connectivity index (χ4v) is 5.77. The van der Waals surface area contributed by atoms with E-state index in [1.54, 1.807) is 6.07 Å². The van der Waals surface area contributed by atoms with E-state index in [0.29, 0.717) is 32.6 Å². The largest absolute Gasteiger partial charge is 0.390 e. The summed E-state index contributed by atoms with van der Waals surface area (Å²) in [5, 5.41) is 11.0. The van der Waals surface area contributed by atoms with Gasteiger partial charge in [0.2, 0.25) is 5.91 Å². The maximum atomic E-state index is 11.6. The molecule has 2 heterocycles. The molecule has 0 unspecified atom stereocenters. The van der Waals surface area contributed by atoms with Gasteiger partial charge in [0, 0.05) is 24.2 Å². The quantitative estimate of drug-likeness (QED) is 0.544. The number of primary amides is 1. The maximum absolute atomic E-state index is 11.6. The number of halogens is 2. The van der Waals surface area contributed by atoms with Crippen molar-refractivity contribution in [2.24, 2.45) is 11.1 Å². The number of aliphatic hydroxyl groups excluding tert-OH is 1. The Bertz CT molecular complexity index is 1290. The summed E-state index contributed by atoms with van der Waals surface area (Å²) in [4.78, 5) is 23.4. The highest BCUT2D eigenvalue weighted by atomic mass is 35.5. The second kappa shape index (κ2) is 8.84. The zero-order valence-electron chi connectivity index (χ0n) is 18.9. The van der Waals surface area contributed by atoms with Crippen molar-refractivity contribution in [2.75, 3.05) is 18.0 Å². The molecule has 1 fully saturated rings. The Morgan fingerprint density at radius 1 is 1.12 bits per heavy atom. The molecule has 3 N–H and O–H groups in total. The van der Waals surface area contributed by atoms with Crippen LogP contribution in [0.4, 0.5) is 5.82 Å². The normalized spacial score (nSPS) is 16.6. The van der Waals surface area contributed by atoms with Crippen LogP contribution in [-0.4, -0.2) is 34.1 Å². The van der Waals surface area contributed by atoms with Gasteiger partial charge in [-0.25, -0.2) is 9.97 Å². The second-order valence-corrected chi connectivity index (χ2v) is 10.2. The summed E-state index contributed by atoms with van der Waals surface area (Å²) in [7, 11) is 0. The minimum atomic E-state index is -0.383. The molecule has 1 aliphatic heterocycles. The first-order valence-corrected chi connectivity index (χ1v) is 12.2. The van der Waals surface area contributed by atoms with Crippen molar-refractivity contribution in [2.45, 2.75) is 39.2 Å². The molecule has 8 heteroatoms. The van der Waals surface area contributed by atoms with Crippen molar-refractivity contribution in [1.29, 1.82) is 0 Å². The van der Waals surface area contributed by atoms with E-state index in [4.69, 9.17) is 38.9 Å². The SMILES string of the molecule is Cc1nc(N2CCC3(CC2)Cc2ccc(C(N)=O)cc2C3)c(CO)nc1-c1cccc(Cl)c1Cl. The first-order valence-electron chi connectivity index (χ1n) is 11.4. The molecule has 0 radical (unpaired) electrons. The van der Waals surface area contributed by atoms with E-state index in [9.17, 15) is 9.90 Å². The van der Waals surface area contributed by atoms with Gasteiger partial charge in [-0.05, 0) is 67.3 Å². The van der Waals surface area contributed by atoms with Gasteiger partial charge >= 0.3 is 0 Å². The van der Waals surface area contributed by atoms with Crippen LogP contribution in [0.3, 0.4) is 0 Å². The molecule has 1 aromatic heterocycles. The lowest BCUT2D eigenvalue weighted by Crippen LogP contribution is -2.41. The van der Waals surface area contributed by atoms with Gasteiger partial charge < -0.3 is 15.7 Å². The van der Waals surface area contributed by atoms with Gasteiger partial charge in [0.25, 0.3) is 0 Å². The van der Waals surface area contributed by atoms with Gasteiger partial charge in [-0.3, -0.25) is 4.79 Å². The number of amides is 1. The minimum absolute atomic E-state index is 0.186. The lowest BCUT2D eigenvalue weighted by Gasteiger charge is -2.40. The molecule has 1 saturated heterocycles. The number of nitrogens with two attached hydrogens (primary N) is 1. The second-order valence-electron chi connectivity index (χ2n) is 9.38. The lowest BCUT2D eigenvalue weighted by atomic mass is 9.76. The molecule has 0 saturated carbocycles. The fourth-order valence-electron chi connectivity index (χ4n) is 5.38. The van der Waals surface area contributed by atoms with E-state index in [1.165, 1.54) is 11.1 Å². The number of nitrogens with zero attached hydrogens (tertiary/aromatic N) is 3. The van der Waals surface area contributed by atoms with Crippen LogP contribution in [0.5, 0.6) is 0 Å². The average molecular weight is 497 g/mol. The van der Waals surface area contributed by atoms with Crippen molar-refractivity contribution < 1.29 is 9.90 Å². The summed E-state index contributed by atoms with van der Waals surface area (Å²) in [5.41, 5.74) is 11.4. The zero-order valence-corrected chi connectivity index (χ0v) is 20.5. The number of fused-ring (bicyclic) bond motifs is 1. The van der Waals surface area contributed by atoms with Gasteiger partial charge in [-0.2, -0.15) is 0 Å². The van der Waals surface area contributed by atoms with Gasteiger partial charge in [0.15, 0.2) is 5.82 Å². The highest BCUT2D eigenvalue weighted by Gasteiger charge is 2.40. The highest BCUT2D eigenvalue weighted by Crippen LogP contribution is 2.45. The predicted molar refractivity (Wildman–Crippen MR) is 134 cm³/mol. The van der Waals surface area contributed by atoms with Crippen molar-refractivity contribution in [3.63, 3.8) is 0 Å². The van der Waals surface area contributed by atoms with Crippen molar-refractivity contribution in [3.05, 3.63) is 74.5 Å². The molecule has 1 amide bonds. The third-order valence-electron chi connectivity index (χ3n) is 7.22. The Balaban J connectivity index is 1.37. The van der Waals surface area contributed by atoms with Crippen LogP contribution in [0.2, 0.25) is 10.0 Å². The van der Waals surface area contributed by atoms with Gasteiger partial charge in [0.05, 0.1) is 28.0 Å². The van der Waals surface area contributed by atoms with Crippen LogP contribution >= 0.6 is 23.2 Å². The Morgan fingerprint density at radius 3 is 2.56 bits per heavy atom. The lowest BCUT2D eigenvalue weighted by molar-refractivity contribution is 0.1000. The molecular weight excluding hydrogens is 471 g/mol. The van der Waals surface area contributed by atoms with Crippen LogP contribution in [0, 0.1) is 12.3 Å². The molecule has 176 valence electrons. The number of anilines is 1. The van der Waals surface area contributed by atoms with Crippen LogP contribution in [0.1, 0.15) is 45.7 Å². The molecule has 0 bridgehead atoms. The third-order valence-corrected chi connectivity index (χ3v) is 8.04. The molecule has 2 aromatic carbocycles. The smallest absolute Gasteiger partial charge is 0.248 e. The third kappa shape index (κ3) is 4.04. The Morgan fingerprint density at radius 2 is 1.85 bits per heavy atom. The van der Waals surface area contributed by atoms with Gasteiger partial charge in [-0.15, -0.1) is 0 Å². The van der Waals surface area contributed by atoms with Crippen molar-refractivity contribution in [3.8, 4) is 11.3 Å². The molecule has 6 nitrogen and oxygen atoms in total. The highest BCUT2D eigenvalue weighted by molar-refractivity contribution is 6.43. The first-order chi connectivity index (χ1) is 16.3. The topological polar surface area (TPSA) is 92.3 Å². The fraction of sp³-hybridized carbons (Fsp3) is 0.346. The number of aliphatic hydroxyl groups is 1. The van der Waals surface area contributed by atoms with E-state index >= 15 is 0 Å². The summed E-state index contributed by atoms with van der Waals surface area (Å²) < 4.78 is 0. The number of hydrogen-bond donors (Lipinski definition) is 2. The van der Waals surface area contributed by atoms with Crippen LogP contribution in [0.15, 0.2) is 36.4 Å². The number of aromatic nitrogens is 2. The van der Waals surface area contributed by atoms with Gasteiger partial charge in [-0.1, -0.05) is 41.4 Å². The average Bonchev–Trinajstić information content (AvgIpc) is 3.18. The van der Waals surface area contributed by atoms with Crippen molar-refractivity contribution in [1.82, 2.24) is 9.97 Å². The molecule has 2 aliphatic rings. The molecule has 3 aromatic rings. The standard InChI is InChI=1S/C26H26Cl2N4O2/c1-15-23(19-3-2-4-20(27)22(19)28)31-21(14-33)25(30-15)32-9-7-26(8-10-32)12-17-6-5-16(24(29)34)11-18(17)13-26/h2-6,11,33H,7-10,12-14H2,1H3,(H2,29,34). The number of piperidine rings is 1. The zero-order chi connectivity index (χ0) is 24.0. The molecule has 1 spiro atoms. The summed E-state index contributed by atoms with van der Waals surface area (Å²) in [6, 6.07) is 11.3. The number of carbonyl (C=O) groups is 1. The van der Waals surface area contributed by atoms with Crippen LogP contribution < -0.4 is 10.6 Å². The maximum Gasteiger partial charge on any atom is 0.248 e. The first kappa shape index (κ1) is 23.1. The Hall–Kier alpha value is -2.67. The molecule has 34 heavy (non-hydrogen) atoms. The monoisotopic (exact) mass is 496 g/mol. The predicted octanol–water partition coefficient (Wildman–Crippen LogP) is 4.74. The number of hydrogen-bond acceptors (Lipinski definition) is 5. The molecule has 5 rings (SSSR count). The number of benzene rings is 2. The Labute approximate surface area is 208 Å². The van der Waals surface area contributed by atoms with Crippen molar-refractivity contribution >= 4 is 34.9 Å². The van der Waals surface area contributed by atoms with E-state index in [2.05, 4.69) is 11.0 Å². The minimum Gasteiger partial charge on any atom is -0.390 e. The molecular formula is C26H26Cl2N4O2. The number of carbonyl (C=O) groups excluding carboxylic acids is 1. The molecule has 0 atom stereocenters. The van der Waals surface area contributed by atoms with Crippen LogP contribution in [0.25, 0.3) is 11.3 Å². The summed E-state index contributed by atoms with van der Waals surface area (Å²) in [6.45, 7) is 3.35.